The van der Waals surface area contributed by atoms with Gasteiger partial charge in [-0.05, 0) is 50.2 Å². The van der Waals surface area contributed by atoms with Crippen LogP contribution >= 0.6 is 0 Å². The second kappa shape index (κ2) is 8.79. The number of nitrogens with one attached hydrogen (secondary N) is 2. The normalized spacial score (nSPS) is 10.3. The Morgan fingerprint density at radius 1 is 1.00 bits per heavy atom. The fourth-order valence-electron chi connectivity index (χ4n) is 2.55. The molecule has 0 unspecified atom stereocenters. The molecule has 0 saturated heterocycles. The van der Waals surface area contributed by atoms with E-state index in [-0.39, 0.29) is 23.9 Å². The molecule has 0 atom stereocenters. The third-order valence-corrected chi connectivity index (χ3v) is 3.98. The standard InChI is InChI=1S/C20H19N5O4/c1-3-29-20(26)14-6-10-16(11-7-14)24-19-17(25(27)28)18(21-12-22-19)23-15-8-4-13(2)5-9-15/h4-12H,3H2,1-2H3,(H2,21,22,23,24). The SMILES string of the molecule is CCOC(=O)c1ccc(Nc2ncnc(Nc3ccc(C)cc3)c2[N+](=O)[O-])cc1. The number of ether oxygens (including phenoxy) is 1. The molecule has 148 valence electrons. The predicted molar refractivity (Wildman–Crippen MR) is 109 cm³/mol. The van der Waals surface area contributed by atoms with E-state index in [1.54, 1.807) is 31.2 Å². The molecule has 9 nitrogen and oxygen atoms in total. The minimum absolute atomic E-state index is 0.0310. The van der Waals surface area contributed by atoms with Crippen molar-refractivity contribution in [2.24, 2.45) is 0 Å². The van der Waals surface area contributed by atoms with Crippen molar-refractivity contribution in [2.45, 2.75) is 13.8 Å². The molecule has 3 aromatic rings. The van der Waals surface area contributed by atoms with Crippen molar-refractivity contribution in [3.8, 4) is 0 Å². The van der Waals surface area contributed by atoms with Gasteiger partial charge in [-0.1, -0.05) is 17.7 Å². The van der Waals surface area contributed by atoms with Crippen molar-refractivity contribution in [3.05, 3.63) is 76.1 Å². The molecule has 0 aliphatic carbocycles. The van der Waals surface area contributed by atoms with Crippen molar-refractivity contribution in [1.82, 2.24) is 9.97 Å². The second-order valence-electron chi connectivity index (χ2n) is 6.09. The number of nitro groups is 1. The molecule has 0 aliphatic heterocycles. The first kappa shape index (κ1) is 19.7. The van der Waals surface area contributed by atoms with Gasteiger partial charge < -0.3 is 15.4 Å². The Morgan fingerprint density at radius 2 is 1.52 bits per heavy atom. The summed E-state index contributed by atoms with van der Waals surface area (Å²) in [6, 6.07) is 13.8. The van der Waals surface area contributed by atoms with Crippen molar-refractivity contribution >= 4 is 34.7 Å². The minimum atomic E-state index is -0.550. The number of esters is 1. The first-order valence-corrected chi connectivity index (χ1v) is 8.85. The number of hydrogen-bond donors (Lipinski definition) is 2. The number of carbonyl (C=O) groups excluding carboxylic acids is 1. The van der Waals surface area contributed by atoms with Gasteiger partial charge in [0.25, 0.3) is 0 Å². The maximum Gasteiger partial charge on any atom is 0.353 e. The van der Waals surface area contributed by atoms with E-state index in [2.05, 4.69) is 20.6 Å². The summed E-state index contributed by atoms with van der Waals surface area (Å²) in [5.41, 5.74) is 2.36. The molecular weight excluding hydrogens is 374 g/mol. The number of aromatic nitrogens is 2. The lowest BCUT2D eigenvalue weighted by molar-refractivity contribution is -0.383. The van der Waals surface area contributed by atoms with Crippen LogP contribution in [0.2, 0.25) is 0 Å². The highest BCUT2D eigenvalue weighted by molar-refractivity contribution is 5.90. The molecule has 0 saturated carbocycles. The van der Waals surface area contributed by atoms with E-state index in [9.17, 15) is 14.9 Å². The summed E-state index contributed by atoms with van der Waals surface area (Å²) in [4.78, 5) is 30.9. The lowest BCUT2D eigenvalue weighted by Crippen LogP contribution is -2.06. The van der Waals surface area contributed by atoms with Gasteiger partial charge in [0.15, 0.2) is 0 Å². The van der Waals surface area contributed by atoms with Gasteiger partial charge in [-0.2, -0.15) is 0 Å². The van der Waals surface area contributed by atoms with Crippen LogP contribution in [0.5, 0.6) is 0 Å². The molecule has 0 fully saturated rings. The van der Waals surface area contributed by atoms with Crippen LogP contribution in [0.3, 0.4) is 0 Å². The smallest absolute Gasteiger partial charge is 0.353 e. The lowest BCUT2D eigenvalue weighted by atomic mass is 10.2. The monoisotopic (exact) mass is 393 g/mol. The Balaban J connectivity index is 1.86. The molecule has 0 aliphatic rings. The van der Waals surface area contributed by atoms with Crippen LogP contribution in [0.15, 0.2) is 54.9 Å². The molecule has 0 spiro atoms. The molecule has 29 heavy (non-hydrogen) atoms. The molecule has 0 bridgehead atoms. The van der Waals surface area contributed by atoms with E-state index in [0.29, 0.717) is 16.9 Å². The summed E-state index contributed by atoms with van der Waals surface area (Å²) >= 11 is 0. The molecule has 0 amide bonds. The van der Waals surface area contributed by atoms with Gasteiger partial charge in [0.05, 0.1) is 17.1 Å². The van der Waals surface area contributed by atoms with Crippen LogP contribution in [0.4, 0.5) is 28.7 Å². The summed E-state index contributed by atoms with van der Waals surface area (Å²) in [6.45, 7) is 3.96. The molecule has 1 heterocycles. The number of rotatable bonds is 7. The number of nitrogens with zero attached hydrogens (tertiary/aromatic N) is 3. The fourth-order valence-corrected chi connectivity index (χ4v) is 2.55. The zero-order chi connectivity index (χ0) is 20.8. The van der Waals surface area contributed by atoms with Crippen LogP contribution in [0.25, 0.3) is 0 Å². The minimum Gasteiger partial charge on any atom is -0.462 e. The van der Waals surface area contributed by atoms with Crippen molar-refractivity contribution in [1.29, 1.82) is 0 Å². The number of benzene rings is 2. The number of aryl methyl sites for hydroxylation is 1. The van der Waals surface area contributed by atoms with Gasteiger partial charge in [-0.3, -0.25) is 10.1 Å². The highest BCUT2D eigenvalue weighted by Crippen LogP contribution is 2.33. The lowest BCUT2D eigenvalue weighted by Gasteiger charge is -2.10. The summed E-state index contributed by atoms with van der Waals surface area (Å²) < 4.78 is 4.94. The topological polar surface area (TPSA) is 119 Å². The molecular formula is C20H19N5O4. The number of carbonyl (C=O) groups is 1. The largest absolute Gasteiger partial charge is 0.462 e. The Kier molecular flexibility index (Phi) is 5.98. The Morgan fingerprint density at radius 3 is 2.00 bits per heavy atom. The van der Waals surface area contributed by atoms with Gasteiger partial charge >= 0.3 is 11.7 Å². The van der Waals surface area contributed by atoms with Gasteiger partial charge in [0.2, 0.25) is 11.6 Å². The Labute approximate surface area is 166 Å². The Bertz CT molecular complexity index is 1020. The maximum absolute atomic E-state index is 11.7. The first-order valence-electron chi connectivity index (χ1n) is 8.85. The van der Waals surface area contributed by atoms with E-state index in [1.165, 1.54) is 6.33 Å². The highest BCUT2D eigenvalue weighted by Gasteiger charge is 2.23. The predicted octanol–water partition coefficient (Wildman–Crippen LogP) is 4.36. The molecule has 1 aromatic heterocycles. The molecule has 2 aromatic carbocycles. The molecule has 3 rings (SSSR count). The van der Waals surface area contributed by atoms with Crippen LogP contribution < -0.4 is 10.6 Å². The van der Waals surface area contributed by atoms with Crippen LogP contribution in [-0.4, -0.2) is 27.5 Å². The highest BCUT2D eigenvalue weighted by atomic mass is 16.6. The fraction of sp³-hybridized carbons (Fsp3) is 0.150. The molecule has 2 N–H and O–H groups in total. The van der Waals surface area contributed by atoms with Gasteiger partial charge in [-0.25, -0.2) is 14.8 Å². The average Bonchev–Trinajstić information content (AvgIpc) is 2.70. The summed E-state index contributed by atoms with van der Waals surface area (Å²) in [5, 5.41) is 17.5. The third-order valence-electron chi connectivity index (χ3n) is 3.98. The zero-order valence-corrected chi connectivity index (χ0v) is 15.9. The first-order chi connectivity index (χ1) is 14.0. The van der Waals surface area contributed by atoms with E-state index in [0.717, 1.165) is 5.56 Å². The number of hydrogen-bond acceptors (Lipinski definition) is 8. The summed E-state index contributed by atoms with van der Waals surface area (Å²) in [5.74, 6) is -0.334. The number of anilines is 4. The van der Waals surface area contributed by atoms with Gasteiger partial charge in [0.1, 0.15) is 6.33 Å². The maximum atomic E-state index is 11.7. The summed E-state index contributed by atoms with van der Waals surface area (Å²) in [7, 11) is 0. The van der Waals surface area contributed by atoms with Gasteiger partial charge in [0, 0.05) is 11.4 Å². The van der Waals surface area contributed by atoms with Crippen molar-refractivity contribution in [2.75, 3.05) is 17.2 Å². The third kappa shape index (κ3) is 4.83. The average molecular weight is 393 g/mol. The van der Waals surface area contributed by atoms with E-state index < -0.39 is 10.9 Å². The van der Waals surface area contributed by atoms with Gasteiger partial charge in [-0.15, -0.1) is 0 Å². The Hall–Kier alpha value is -4.01. The zero-order valence-electron chi connectivity index (χ0n) is 15.9. The summed E-state index contributed by atoms with van der Waals surface area (Å²) in [6.07, 6.45) is 1.23. The molecule has 9 heteroatoms. The van der Waals surface area contributed by atoms with Crippen LogP contribution in [0.1, 0.15) is 22.8 Å². The van der Waals surface area contributed by atoms with Crippen molar-refractivity contribution in [3.63, 3.8) is 0 Å². The van der Waals surface area contributed by atoms with E-state index in [4.69, 9.17) is 4.74 Å². The second-order valence-corrected chi connectivity index (χ2v) is 6.09. The quantitative estimate of drug-likeness (QED) is 0.345. The van der Waals surface area contributed by atoms with Crippen molar-refractivity contribution < 1.29 is 14.5 Å². The van der Waals surface area contributed by atoms with Crippen LogP contribution in [-0.2, 0) is 4.74 Å². The van der Waals surface area contributed by atoms with E-state index >= 15 is 0 Å². The van der Waals surface area contributed by atoms with E-state index in [1.807, 2.05) is 31.2 Å². The molecule has 0 radical (unpaired) electrons. The van der Waals surface area contributed by atoms with Crippen LogP contribution in [0, 0.1) is 17.0 Å².